The number of anilines is 1. The molecule has 32 heavy (non-hydrogen) atoms. The van der Waals surface area contributed by atoms with Crippen molar-refractivity contribution >= 4 is 27.5 Å². The Morgan fingerprint density at radius 1 is 1.31 bits per heavy atom. The summed E-state index contributed by atoms with van der Waals surface area (Å²) in [6, 6.07) is 9.09. The molecule has 168 valence electrons. The molecule has 1 saturated heterocycles. The molecule has 1 amide bonds. The first kappa shape index (κ1) is 22.3. The minimum atomic E-state index is -1.46. The minimum absolute atomic E-state index is 0.289. The number of carbonyl (C=O) groups excluding carboxylic acids is 1. The summed E-state index contributed by atoms with van der Waals surface area (Å²) in [5.41, 5.74) is 0.410. The van der Waals surface area contributed by atoms with Crippen LogP contribution in [0.4, 0.5) is 5.69 Å². The standard InChI is InChI=1S/C23H24BrN3O5/c1-4-10-32-20-16(24)11-14(12-18(20)31-5-2)19-13(3)26-23(21(19)27(29)30)15-8-6-7-9-17(15)25-22(23)28/h4,6-9,11-13,19,21,26H,1,5,10H2,2-3H3,(H,25,28)/t13-,19-,21-,23+/m0/s1. The molecule has 0 aromatic heterocycles. The van der Waals surface area contributed by atoms with E-state index in [1.54, 1.807) is 42.5 Å². The summed E-state index contributed by atoms with van der Waals surface area (Å²) >= 11 is 3.53. The number of para-hydroxylation sites is 1. The Morgan fingerprint density at radius 3 is 2.75 bits per heavy atom. The lowest BCUT2D eigenvalue weighted by Crippen LogP contribution is -2.54. The van der Waals surface area contributed by atoms with Gasteiger partial charge >= 0.3 is 0 Å². The van der Waals surface area contributed by atoms with Gasteiger partial charge in [-0.1, -0.05) is 30.9 Å². The van der Waals surface area contributed by atoms with Crippen LogP contribution in [0.2, 0.25) is 0 Å². The molecule has 0 unspecified atom stereocenters. The van der Waals surface area contributed by atoms with Crippen molar-refractivity contribution in [2.24, 2.45) is 0 Å². The molecule has 0 aliphatic carbocycles. The molecule has 2 aromatic rings. The maximum atomic E-state index is 13.2. The van der Waals surface area contributed by atoms with Crippen LogP contribution < -0.4 is 20.1 Å². The maximum Gasteiger partial charge on any atom is 0.256 e. The summed E-state index contributed by atoms with van der Waals surface area (Å²) in [5.74, 6) is -0.0219. The molecular formula is C23H24BrN3O5. The zero-order chi connectivity index (χ0) is 23.0. The minimum Gasteiger partial charge on any atom is -0.490 e. The van der Waals surface area contributed by atoms with Crippen molar-refractivity contribution in [1.82, 2.24) is 5.32 Å². The van der Waals surface area contributed by atoms with Gasteiger partial charge in [0.1, 0.15) is 6.61 Å². The Hall–Kier alpha value is -2.91. The highest BCUT2D eigenvalue weighted by atomic mass is 79.9. The number of hydrogen-bond acceptors (Lipinski definition) is 6. The van der Waals surface area contributed by atoms with Crippen LogP contribution in [0.25, 0.3) is 0 Å². The summed E-state index contributed by atoms with van der Waals surface area (Å²) in [7, 11) is 0. The molecule has 0 saturated carbocycles. The van der Waals surface area contributed by atoms with E-state index in [1.807, 2.05) is 13.8 Å². The van der Waals surface area contributed by atoms with E-state index in [0.29, 0.717) is 39.4 Å². The van der Waals surface area contributed by atoms with Crippen LogP contribution in [0, 0.1) is 10.1 Å². The average molecular weight is 502 g/mol. The SMILES string of the molecule is C=CCOc1c(Br)cc([C@@H]2[C@H](C)N[C@@]3(C(=O)Nc4ccccc43)[C@H]2[N+](=O)[O-])cc1OCC. The summed E-state index contributed by atoms with van der Waals surface area (Å²) in [4.78, 5) is 25.3. The van der Waals surface area contributed by atoms with Crippen molar-refractivity contribution in [2.75, 3.05) is 18.5 Å². The highest BCUT2D eigenvalue weighted by Gasteiger charge is 2.67. The molecule has 8 nitrogen and oxygen atoms in total. The molecule has 2 N–H and O–H groups in total. The Morgan fingerprint density at radius 2 is 2.06 bits per heavy atom. The largest absolute Gasteiger partial charge is 0.490 e. The van der Waals surface area contributed by atoms with Gasteiger partial charge in [0, 0.05) is 22.2 Å². The van der Waals surface area contributed by atoms with Crippen LogP contribution in [0.5, 0.6) is 11.5 Å². The Bertz CT molecular complexity index is 1090. The zero-order valence-corrected chi connectivity index (χ0v) is 19.3. The zero-order valence-electron chi connectivity index (χ0n) is 17.8. The number of halogens is 1. The Labute approximate surface area is 194 Å². The van der Waals surface area contributed by atoms with Gasteiger partial charge in [0.05, 0.1) is 17.0 Å². The first-order valence-electron chi connectivity index (χ1n) is 10.4. The second-order valence-electron chi connectivity index (χ2n) is 7.86. The van der Waals surface area contributed by atoms with Gasteiger partial charge in [0.25, 0.3) is 11.9 Å². The molecule has 2 heterocycles. The number of ether oxygens (including phenoxy) is 2. The van der Waals surface area contributed by atoms with Crippen molar-refractivity contribution in [3.63, 3.8) is 0 Å². The molecule has 1 fully saturated rings. The van der Waals surface area contributed by atoms with Gasteiger partial charge in [-0.3, -0.25) is 20.2 Å². The van der Waals surface area contributed by atoms with Gasteiger partial charge < -0.3 is 14.8 Å². The Kier molecular flexibility index (Phi) is 5.96. The number of carbonyl (C=O) groups is 1. The molecule has 1 spiro atoms. The van der Waals surface area contributed by atoms with E-state index in [9.17, 15) is 14.9 Å². The molecule has 0 radical (unpaired) electrons. The summed E-state index contributed by atoms with van der Waals surface area (Å²) < 4.78 is 12.1. The second kappa shape index (κ2) is 8.55. The predicted molar refractivity (Wildman–Crippen MR) is 124 cm³/mol. The smallest absolute Gasteiger partial charge is 0.256 e. The van der Waals surface area contributed by atoms with Gasteiger partial charge in [0.15, 0.2) is 17.0 Å². The number of nitrogens with zero attached hydrogens (tertiary/aromatic N) is 1. The fourth-order valence-electron chi connectivity index (χ4n) is 4.88. The van der Waals surface area contributed by atoms with E-state index in [4.69, 9.17) is 9.47 Å². The third-order valence-electron chi connectivity index (χ3n) is 6.03. The molecule has 4 rings (SSSR count). The number of amides is 1. The van der Waals surface area contributed by atoms with E-state index in [2.05, 4.69) is 33.1 Å². The van der Waals surface area contributed by atoms with Crippen molar-refractivity contribution in [3.05, 3.63) is 74.8 Å². The monoisotopic (exact) mass is 501 g/mol. The van der Waals surface area contributed by atoms with E-state index in [1.165, 1.54) is 0 Å². The highest BCUT2D eigenvalue weighted by Crippen LogP contribution is 2.51. The van der Waals surface area contributed by atoms with Crippen LogP contribution >= 0.6 is 15.9 Å². The summed E-state index contributed by atoms with van der Waals surface area (Å²) in [6.45, 7) is 8.07. The van der Waals surface area contributed by atoms with E-state index >= 15 is 0 Å². The maximum absolute atomic E-state index is 13.2. The molecule has 0 bridgehead atoms. The van der Waals surface area contributed by atoms with Gasteiger partial charge in [-0.25, -0.2) is 0 Å². The number of hydrogen-bond donors (Lipinski definition) is 2. The fourth-order valence-corrected chi connectivity index (χ4v) is 5.45. The quantitative estimate of drug-likeness (QED) is 0.338. The molecule has 2 aliphatic rings. The highest BCUT2D eigenvalue weighted by molar-refractivity contribution is 9.10. The van der Waals surface area contributed by atoms with Crippen molar-refractivity contribution in [1.29, 1.82) is 0 Å². The van der Waals surface area contributed by atoms with Gasteiger partial charge in [0.2, 0.25) is 0 Å². The summed E-state index contributed by atoms with van der Waals surface area (Å²) in [5, 5.41) is 18.6. The molecular weight excluding hydrogens is 478 g/mol. The Balaban J connectivity index is 1.85. The molecule has 9 heteroatoms. The number of nitrogens with one attached hydrogen (secondary N) is 2. The van der Waals surface area contributed by atoms with Gasteiger partial charge in [-0.15, -0.1) is 0 Å². The lowest BCUT2D eigenvalue weighted by molar-refractivity contribution is -0.532. The topological polar surface area (TPSA) is 103 Å². The lowest BCUT2D eigenvalue weighted by Gasteiger charge is -2.25. The van der Waals surface area contributed by atoms with E-state index in [-0.39, 0.29) is 17.6 Å². The normalized spacial score (nSPS) is 26.0. The average Bonchev–Trinajstić information content (AvgIpc) is 3.22. The first-order chi connectivity index (χ1) is 15.3. The van der Waals surface area contributed by atoms with Crippen LogP contribution in [0.3, 0.4) is 0 Å². The van der Waals surface area contributed by atoms with E-state index in [0.717, 1.165) is 0 Å². The van der Waals surface area contributed by atoms with Crippen molar-refractivity contribution in [2.45, 2.75) is 37.4 Å². The first-order valence-corrected chi connectivity index (χ1v) is 11.2. The van der Waals surface area contributed by atoms with Crippen molar-refractivity contribution in [3.8, 4) is 11.5 Å². The third kappa shape index (κ3) is 3.36. The van der Waals surface area contributed by atoms with Crippen LogP contribution in [0.1, 0.15) is 30.9 Å². The van der Waals surface area contributed by atoms with Gasteiger partial charge in [-0.05, 0) is 53.5 Å². The van der Waals surface area contributed by atoms with Crippen LogP contribution in [-0.2, 0) is 10.3 Å². The third-order valence-corrected chi connectivity index (χ3v) is 6.61. The molecule has 2 aromatic carbocycles. The fraction of sp³-hybridized carbons (Fsp3) is 0.348. The molecule has 2 aliphatic heterocycles. The van der Waals surface area contributed by atoms with E-state index < -0.39 is 23.4 Å². The number of nitro groups is 1. The molecule has 4 atom stereocenters. The number of benzene rings is 2. The van der Waals surface area contributed by atoms with Crippen molar-refractivity contribution < 1.29 is 19.2 Å². The van der Waals surface area contributed by atoms with Gasteiger partial charge in [-0.2, -0.15) is 0 Å². The lowest BCUT2D eigenvalue weighted by atomic mass is 9.78. The van der Waals surface area contributed by atoms with Crippen LogP contribution in [0.15, 0.2) is 53.5 Å². The van der Waals surface area contributed by atoms with Crippen LogP contribution in [-0.4, -0.2) is 36.1 Å². The summed E-state index contributed by atoms with van der Waals surface area (Å²) in [6.07, 6.45) is 1.63. The number of rotatable bonds is 7. The predicted octanol–water partition coefficient (Wildman–Crippen LogP) is 3.98. The number of fused-ring (bicyclic) bond motifs is 2. The second-order valence-corrected chi connectivity index (χ2v) is 8.71.